The zero-order chi connectivity index (χ0) is 31.7. The van der Waals surface area contributed by atoms with Gasteiger partial charge in [-0.1, -0.05) is 182 Å². The first kappa shape index (κ1) is 31.2. The van der Waals surface area contributed by atoms with Crippen LogP contribution in [-0.2, 0) is 15.2 Å². The van der Waals surface area contributed by atoms with E-state index in [9.17, 15) is 4.79 Å². The van der Waals surface area contributed by atoms with Crippen molar-refractivity contribution >= 4 is 17.4 Å². The minimum absolute atomic E-state index is 0.323. The number of benzene rings is 6. The van der Waals surface area contributed by atoms with Crippen molar-refractivity contribution in [3.63, 3.8) is 0 Å². The van der Waals surface area contributed by atoms with Gasteiger partial charge in [-0.2, -0.15) is 0 Å². The van der Waals surface area contributed by atoms with E-state index in [1.165, 1.54) is 16.7 Å². The van der Waals surface area contributed by atoms with E-state index in [1.807, 2.05) is 72.8 Å². The number of Topliss-reactive ketones (excluding diaryl/α,β-unsaturated/α-hetero) is 1. The zero-order valence-corrected chi connectivity index (χ0v) is 26.6. The Hall–Kier alpha value is -4.76. The van der Waals surface area contributed by atoms with Crippen molar-refractivity contribution in [2.45, 2.75) is 23.3 Å². The third-order valence-electron chi connectivity index (χ3n) is 8.81. The number of hydrogen-bond donors (Lipinski definition) is 0. The highest BCUT2D eigenvalue weighted by Crippen LogP contribution is 2.44. The molecule has 1 aliphatic rings. The molecule has 0 radical (unpaired) electrons. The van der Waals surface area contributed by atoms with Gasteiger partial charge >= 0.3 is 0 Å². The summed E-state index contributed by atoms with van der Waals surface area (Å²) in [7, 11) is 0. The summed E-state index contributed by atoms with van der Waals surface area (Å²) in [6.07, 6.45) is 1.60. The second-order valence-electron chi connectivity index (χ2n) is 11.6. The SMILES string of the molecule is ClC(c1ccccc1)(c1ccccc1)c1ccccc1.O=C1CCCN(C(c2ccccc2)(c2ccccc2)c2ccccc2)C1. The van der Waals surface area contributed by atoms with Crippen LogP contribution in [0.15, 0.2) is 182 Å². The number of carbonyl (C=O) groups excluding carboxylic acids is 1. The summed E-state index contributed by atoms with van der Waals surface area (Å²) in [5.74, 6) is 0.323. The van der Waals surface area contributed by atoms with Gasteiger partial charge in [-0.3, -0.25) is 9.69 Å². The van der Waals surface area contributed by atoms with Gasteiger partial charge in [0.2, 0.25) is 0 Å². The third-order valence-corrected chi connectivity index (χ3v) is 9.47. The molecule has 0 N–H and O–H groups in total. The summed E-state index contributed by atoms with van der Waals surface area (Å²) < 4.78 is 0. The second kappa shape index (κ2) is 14.6. The van der Waals surface area contributed by atoms with Crippen LogP contribution in [0.2, 0.25) is 0 Å². The molecule has 6 aromatic carbocycles. The van der Waals surface area contributed by atoms with Gasteiger partial charge in [0.05, 0.1) is 12.1 Å². The van der Waals surface area contributed by atoms with Crippen LogP contribution >= 0.6 is 11.6 Å². The Morgan fingerprint density at radius 3 is 1.00 bits per heavy atom. The summed E-state index contributed by atoms with van der Waals surface area (Å²) in [5, 5.41) is 0. The molecular weight excluding hydrogens is 582 g/mol. The molecule has 46 heavy (non-hydrogen) atoms. The van der Waals surface area contributed by atoms with Crippen LogP contribution in [0.3, 0.4) is 0 Å². The number of carbonyl (C=O) groups is 1. The molecule has 1 aliphatic heterocycles. The highest BCUT2D eigenvalue weighted by Gasteiger charge is 2.43. The fourth-order valence-electron chi connectivity index (χ4n) is 6.71. The van der Waals surface area contributed by atoms with Gasteiger partial charge in [0.1, 0.15) is 10.7 Å². The number of piperidine rings is 1. The number of hydrogen-bond acceptors (Lipinski definition) is 2. The van der Waals surface area contributed by atoms with Gasteiger partial charge in [-0.15, -0.1) is 11.6 Å². The molecule has 7 rings (SSSR count). The van der Waals surface area contributed by atoms with Crippen LogP contribution in [0, 0.1) is 0 Å². The quantitative estimate of drug-likeness (QED) is 0.131. The van der Waals surface area contributed by atoms with E-state index in [1.54, 1.807) is 0 Å². The molecule has 6 aromatic rings. The Bertz CT molecular complexity index is 1600. The molecule has 0 spiro atoms. The predicted octanol–water partition coefficient (Wildman–Crippen LogP) is 9.86. The summed E-state index contributed by atoms with van der Waals surface area (Å²) in [5.41, 5.74) is 6.39. The molecule has 2 nitrogen and oxygen atoms in total. The van der Waals surface area contributed by atoms with E-state index in [0.717, 1.165) is 29.7 Å². The van der Waals surface area contributed by atoms with Gasteiger partial charge < -0.3 is 0 Å². The average Bonchev–Trinajstić information content (AvgIpc) is 3.14. The molecule has 228 valence electrons. The smallest absolute Gasteiger partial charge is 0.146 e. The van der Waals surface area contributed by atoms with E-state index in [4.69, 9.17) is 11.6 Å². The van der Waals surface area contributed by atoms with Crippen molar-refractivity contribution in [3.05, 3.63) is 215 Å². The normalized spacial score (nSPS) is 13.8. The number of ketones is 1. The molecule has 0 aliphatic carbocycles. The van der Waals surface area contributed by atoms with Crippen molar-refractivity contribution < 1.29 is 4.79 Å². The Kier molecular flexibility index (Phi) is 9.88. The van der Waals surface area contributed by atoms with Crippen molar-refractivity contribution in [1.82, 2.24) is 4.90 Å². The molecule has 0 bridgehead atoms. The second-order valence-corrected chi connectivity index (χ2v) is 12.2. The van der Waals surface area contributed by atoms with Crippen LogP contribution in [0.25, 0.3) is 0 Å². The summed E-state index contributed by atoms with van der Waals surface area (Å²) in [6.45, 7) is 1.39. The summed E-state index contributed by atoms with van der Waals surface area (Å²) in [6, 6.07) is 62.4. The molecule has 0 atom stereocenters. The number of alkyl halides is 1. The maximum absolute atomic E-state index is 12.4. The first-order valence-electron chi connectivity index (χ1n) is 15.9. The standard InChI is InChI=1S/C24H23NO.C19H15Cl/c26-23-17-10-18-25(19-23)24(20-11-4-1-5-12-20,21-13-6-2-7-14-21)22-15-8-3-9-16-22;20-19(16-10-4-1-5-11-16,17-12-6-2-7-13-17)18-14-8-3-9-15-18/h1-9,11-16H,10,17-19H2;1-15H. The van der Waals surface area contributed by atoms with E-state index in [-0.39, 0.29) is 0 Å². The Morgan fingerprint density at radius 1 is 0.435 bits per heavy atom. The molecule has 1 heterocycles. The first-order valence-corrected chi connectivity index (χ1v) is 16.3. The molecule has 0 saturated carbocycles. The molecule has 0 unspecified atom stereocenters. The van der Waals surface area contributed by atoms with Crippen LogP contribution in [0.4, 0.5) is 0 Å². The highest BCUT2D eigenvalue weighted by atomic mass is 35.5. The molecule has 0 amide bonds. The van der Waals surface area contributed by atoms with Gasteiger partial charge in [-0.05, 0) is 39.8 Å². The fraction of sp³-hybridized carbons (Fsp3) is 0.140. The number of likely N-dealkylation sites (tertiary alicyclic amines) is 1. The lowest BCUT2D eigenvalue weighted by molar-refractivity contribution is -0.123. The van der Waals surface area contributed by atoms with Crippen molar-refractivity contribution in [3.8, 4) is 0 Å². The van der Waals surface area contributed by atoms with Crippen LogP contribution in [0.1, 0.15) is 46.2 Å². The molecule has 3 heteroatoms. The minimum Gasteiger partial charge on any atom is -0.298 e. The lowest BCUT2D eigenvalue weighted by Gasteiger charge is -2.46. The van der Waals surface area contributed by atoms with E-state index < -0.39 is 10.4 Å². The largest absolute Gasteiger partial charge is 0.298 e. The van der Waals surface area contributed by atoms with E-state index in [0.29, 0.717) is 18.7 Å². The van der Waals surface area contributed by atoms with Gasteiger partial charge in [0.15, 0.2) is 0 Å². The first-order chi connectivity index (χ1) is 22.6. The average molecular weight is 620 g/mol. The maximum atomic E-state index is 12.4. The topological polar surface area (TPSA) is 20.3 Å². The number of nitrogens with zero attached hydrogens (tertiary/aromatic N) is 1. The Morgan fingerprint density at radius 2 is 0.717 bits per heavy atom. The molecule has 1 saturated heterocycles. The molecule has 0 aromatic heterocycles. The van der Waals surface area contributed by atoms with Crippen LogP contribution < -0.4 is 0 Å². The third kappa shape index (κ3) is 6.33. The van der Waals surface area contributed by atoms with Crippen molar-refractivity contribution in [1.29, 1.82) is 0 Å². The Balaban J connectivity index is 0.000000167. The summed E-state index contributed by atoms with van der Waals surface area (Å²) >= 11 is 7.12. The highest BCUT2D eigenvalue weighted by molar-refractivity contribution is 6.28. The summed E-state index contributed by atoms with van der Waals surface area (Å²) in [4.78, 5) is 14.1. The zero-order valence-electron chi connectivity index (χ0n) is 25.9. The maximum Gasteiger partial charge on any atom is 0.146 e. The van der Waals surface area contributed by atoms with Crippen LogP contribution in [0.5, 0.6) is 0 Å². The molecule has 1 fully saturated rings. The van der Waals surface area contributed by atoms with E-state index in [2.05, 4.69) is 114 Å². The Labute approximate surface area is 277 Å². The lowest BCUT2D eigenvalue weighted by atomic mass is 9.74. The predicted molar refractivity (Wildman–Crippen MR) is 190 cm³/mol. The van der Waals surface area contributed by atoms with Crippen molar-refractivity contribution in [2.24, 2.45) is 0 Å². The van der Waals surface area contributed by atoms with Crippen molar-refractivity contribution in [2.75, 3.05) is 13.1 Å². The minimum atomic E-state index is -0.649. The monoisotopic (exact) mass is 619 g/mol. The van der Waals surface area contributed by atoms with E-state index >= 15 is 0 Å². The molecular formula is C43H38ClNO. The van der Waals surface area contributed by atoms with Gasteiger partial charge in [0.25, 0.3) is 0 Å². The number of rotatable bonds is 7. The van der Waals surface area contributed by atoms with Gasteiger partial charge in [-0.25, -0.2) is 0 Å². The van der Waals surface area contributed by atoms with Crippen LogP contribution in [-0.4, -0.2) is 23.8 Å². The lowest BCUT2D eigenvalue weighted by Crippen LogP contribution is -2.52. The van der Waals surface area contributed by atoms with Gasteiger partial charge in [0, 0.05) is 13.0 Å². The fourth-order valence-corrected chi connectivity index (χ4v) is 7.09. The number of halogens is 1.